The number of hydrogen-bond donors (Lipinski definition) is 0. The van der Waals surface area contributed by atoms with Crippen molar-refractivity contribution in [2.45, 2.75) is 18.9 Å². The number of methoxy groups -OCH3 is 1. The molecule has 0 fully saturated rings. The van der Waals surface area contributed by atoms with E-state index in [0.717, 1.165) is 7.11 Å². The van der Waals surface area contributed by atoms with Crippen molar-refractivity contribution in [2.24, 2.45) is 0 Å². The maximum absolute atomic E-state index is 12.4. The van der Waals surface area contributed by atoms with Crippen LogP contribution in [-0.4, -0.2) is 25.4 Å². The van der Waals surface area contributed by atoms with Crippen LogP contribution in [0.25, 0.3) is 0 Å². The number of halogens is 3. The SMILES string of the molecule is COC(=O)C(OCc1ccccc1)C(F)(F)F. The molecule has 1 aromatic rings. The lowest BCUT2D eigenvalue weighted by Crippen LogP contribution is -2.39. The molecule has 0 aliphatic carbocycles. The first kappa shape index (κ1) is 13.5. The molecule has 1 rings (SSSR count). The summed E-state index contributed by atoms with van der Waals surface area (Å²) in [5.74, 6) is -1.45. The fraction of sp³-hybridized carbons (Fsp3) is 0.364. The molecule has 0 aliphatic heterocycles. The van der Waals surface area contributed by atoms with Crippen LogP contribution in [0.4, 0.5) is 13.2 Å². The predicted octanol–water partition coefficient (Wildman–Crippen LogP) is 2.31. The fourth-order valence-corrected chi connectivity index (χ4v) is 1.16. The Morgan fingerprint density at radius 3 is 2.35 bits per heavy atom. The summed E-state index contributed by atoms with van der Waals surface area (Å²) in [6, 6.07) is 8.26. The van der Waals surface area contributed by atoms with E-state index in [1.807, 2.05) is 0 Å². The Hall–Kier alpha value is -1.56. The van der Waals surface area contributed by atoms with Crippen molar-refractivity contribution in [1.29, 1.82) is 0 Å². The lowest BCUT2D eigenvalue weighted by atomic mass is 10.2. The Kier molecular flexibility index (Phi) is 4.51. The zero-order valence-electron chi connectivity index (χ0n) is 9.03. The molecule has 94 valence electrons. The van der Waals surface area contributed by atoms with Crippen LogP contribution >= 0.6 is 0 Å². The second-order valence-electron chi connectivity index (χ2n) is 3.24. The number of hydrogen-bond acceptors (Lipinski definition) is 3. The molecule has 1 aromatic carbocycles. The monoisotopic (exact) mass is 248 g/mol. The van der Waals surface area contributed by atoms with Crippen LogP contribution in [0.1, 0.15) is 5.56 Å². The summed E-state index contributed by atoms with van der Waals surface area (Å²) in [6.07, 6.45) is -7.32. The molecule has 6 heteroatoms. The largest absolute Gasteiger partial charge is 0.467 e. The Labute approximate surface area is 96.1 Å². The second-order valence-corrected chi connectivity index (χ2v) is 3.24. The van der Waals surface area contributed by atoms with Gasteiger partial charge in [0.1, 0.15) is 0 Å². The Morgan fingerprint density at radius 2 is 1.88 bits per heavy atom. The topological polar surface area (TPSA) is 35.5 Å². The fourth-order valence-electron chi connectivity index (χ4n) is 1.16. The van der Waals surface area contributed by atoms with Crippen LogP contribution in [0.3, 0.4) is 0 Å². The minimum atomic E-state index is -4.78. The van der Waals surface area contributed by atoms with Gasteiger partial charge in [0.15, 0.2) is 0 Å². The first-order valence-electron chi connectivity index (χ1n) is 4.75. The highest BCUT2D eigenvalue weighted by molar-refractivity contribution is 5.75. The van der Waals surface area contributed by atoms with E-state index in [9.17, 15) is 18.0 Å². The van der Waals surface area contributed by atoms with Gasteiger partial charge in [-0.3, -0.25) is 0 Å². The van der Waals surface area contributed by atoms with Gasteiger partial charge in [0.05, 0.1) is 13.7 Å². The van der Waals surface area contributed by atoms with Gasteiger partial charge in [0, 0.05) is 0 Å². The Balaban J connectivity index is 2.65. The molecule has 0 amide bonds. The summed E-state index contributed by atoms with van der Waals surface area (Å²) in [5, 5.41) is 0. The van der Waals surface area contributed by atoms with E-state index in [0.29, 0.717) is 5.56 Å². The molecule has 0 heterocycles. The third-order valence-electron chi connectivity index (χ3n) is 1.97. The van der Waals surface area contributed by atoms with E-state index < -0.39 is 18.2 Å². The highest BCUT2D eigenvalue weighted by Crippen LogP contribution is 2.24. The summed E-state index contributed by atoms with van der Waals surface area (Å²) in [6.45, 7) is -0.305. The summed E-state index contributed by atoms with van der Waals surface area (Å²) in [5.41, 5.74) is 0.547. The van der Waals surface area contributed by atoms with Crippen LogP contribution in [0.5, 0.6) is 0 Å². The molecule has 0 saturated heterocycles. The maximum atomic E-state index is 12.4. The van der Waals surface area contributed by atoms with Gasteiger partial charge in [-0.05, 0) is 5.56 Å². The molecule has 0 spiro atoms. The minimum absolute atomic E-state index is 0.305. The zero-order valence-corrected chi connectivity index (χ0v) is 9.03. The van der Waals surface area contributed by atoms with Crippen molar-refractivity contribution in [3.63, 3.8) is 0 Å². The van der Waals surface area contributed by atoms with Crippen molar-refractivity contribution in [3.8, 4) is 0 Å². The zero-order chi connectivity index (χ0) is 12.9. The van der Waals surface area contributed by atoms with Crippen molar-refractivity contribution in [2.75, 3.05) is 7.11 Å². The first-order chi connectivity index (χ1) is 7.95. The maximum Gasteiger partial charge on any atom is 0.425 e. The van der Waals surface area contributed by atoms with Crippen LogP contribution in [0, 0.1) is 0 Å². The van der Waals surface area contributed by atoms with Crippen molar-refractivity contribution in [3.05, 3.63) is 35.9 Å². The van der Waals surface area contributed by atoms with Gasteiger partial charge < -0.3 is 9.47 Å². The third kappa shape index (κ3) is 4.07. The van der Waals surface area contributed by atoms with Gasteiger partial charge >= 0.3 is 12.1 Å². The van der Waals surface area contributed by atoms with Crippen LogP contribution in [0.15, 0.2) is 30.3 Å². The number of carbonyl (C=O) groups is 1. The highest BCUT2D eigenvalue weighted by atomic mass is 19.4. The molecule has 3 nitrogen and oxygen atoms in total. The van der Waals surface area contributed by atoms with Crippen LogP contribution in [-0.2, 0) is 20.9 Å². The summed E-state index contributed by atoms with van der Waals surface area (Å²) < 4.78 is 45.9. The van der Waals surface area contributed by atoms with E-state index in [1.54, 1.807) is 30.3 Å². The molecule has 1 atom stereocenters. The van der Waals surface area contributed by atoms with Crippen LogP contribution in [0.2, 0.25) is 0 Å². The average Bonchev–Trinajstić information content (AvgIpc) is 2.28. The predicted molar refractivity (Wildman–Crippen MR) is 53.1 cm³/mol. The van der Waals surface area contributed by atoms with Gasteiger partial charge in [0.2, 0.25) is 0 Å². The van der Waals surface area contributed by atoms with E-state index in [1.165, 1.54) is 0 Å². The summed E-state index contributed by atoms with van der Waals surface area (Å²) in [7, 11) is 0.882. The van der Waals surface area contributed by atoms with Crippen molar-refractivity contribution >= 4 is 5.97 Å². The molecule has 0 aromatic heterocycles. The number of rotatable bonds is 4. The molecule has 0 saturated carbocycles. The Morgan fingerprint density at radius 1 is 1.29 bits per heavy atom. The lowest BCUT2D eigenvalue weighted by Gasteiger charge is -2.18. The molecule has 17 heavy (non-hydrogen) atoms. The van der Waals surface area contributed by atoms with Gasteiger partial charge in [-0.2, -0.15) is 13.2 Å². The molecule has 1 unspecified atom stereocenters. The standard InChI is InChI=1S/C11H11F3O3/c1-16-10(15)9(11(12,13)14)17-7-8-5-3-2-4-6-8/h2-6,9H,7H2,1H3. The summed E-state index contributed by atoms with van der Waals surface area (Å²) in [4.78, 5) is 10.9. The average molecular weight is 248 g/mol. The molecular formula is C11H11F3O3. The van der Waals surface area contributed by atoms with E-state index in [2.05, 4.69) is 9.47 Å². The van der Waals surface area contributed by atoms with E-state index >= 15 is 0 Å². The number of ether oxygens (including phenoxy) is 2. The number of esters is 1. The molecule has 0 radical (unpaired) electrons. The van der Waals surface area contributed by atoms with Gasteiger partial charge in [-0.25, -0.2) is 4.79 Å². The molecule has 0 aliphatic rings. The smallest absolute Gasteiger partial charge is 0.425 e. The highest BCUT2D eigenvalue weighted by Gasteiger charge is 2.47. The lowest BCUT2D eigenvalue weighted by molar-refractivity contribution is -0.231. The van der Waals surface area contributed by atoms with Gasteiger partial charge in [-0.1, -0.05) is 30.3 Å². The Bertz CT molecular complexity index is 362. The normalized spacial score (nSPS) is 13.2. The molecule has 0 N–H and O–H groups in total. The van der Waals surface area contributed by atoms with E-state index in [4.69, 9.17) is 0 Å². The number of alkyl halides is 3. The second kappa shape index (κ2) is 5.67. The molecular weight excluding hydrogens is 237 g/mol. The van der Waals surface area contributed by atoms with Crippen LogP contribution < -0.4 is 0 Å². The van der Waals surface area contributed by atoms with Gasteiger partial charge in [0.25, 0.3) is 6.10 Å². The quantitative estimate of drug-likeness (QED) is 0.767. The number of carbonyl (C=O) groups excluding carboxylic acids is 1. The third-order valence-corrected chi connectivity index (χ3v) is 1.97. The first-order valence-corrected chi connectivity index (χ1v) is 4.75. The molecule has 0 bridgehead atoms. The van der Waals surface area contributed by atoms with E-state index in [-0.39, 0.29) is 6.61 Å². The number of benzene rings is 1. The summed E-state index contributed by atoms with van der Waals surface area (Å²) >= 11 is 0. The van der Waals surface area contributed by atoms with Crippen molar-refractivity contribution < 1.29 is 27.4 Å². The minimum Gasteiger partial charge on any atom is -0.467 e. The van der Waals surface area contributed by atoms with Gasteiger partial charge in [-0.15, -0.1) is 0 Å². The van der Waals surface area contributed by atoms with Crippen molar-refractivity contribution in [1.82, 2.24) is 0 Å².